The number of hydrogen-bond acceptors (Lipinski definition) is 9. The number of fused-ring (bicyclic) bond motifs is 2. The van der Waals surface area contributed by atoms with Crippen molar-refractivity contribution in [2.75, 3.05) is 37.9 Å². The Morgan fingerprint density at radius 3 is 2.67 bits per heavy atom. The molecule has 2 aliphatic rings. The van der Waals surface area contributed by atoms with Crippen LogP contribution in [0.4, 0.5) is 19.4 Å². The van der Waals surface area contributed by atoms with Crippen LogP contribution in [0.5, 0.6) is 11.5 Å². The van der Waals surface area contributed by atoms with Crippen LogP contribution in [0.2, 0.25) is 0 Å². The number of unbranched alkanes of at least 4 members (excludes halogenated alkanes) is 1. The number of hydrogen-bond donors (Lipinski definition) is 0. The molecule has 1 fully saturated rings. The van der Waals surface area contributed by atoms with E-state index in [1.165, 1.54) is 16.7 Å². The lowest BCUT2D eigenvalue weighted by Gasteiger charge is -2.40. The largest absolute Gasteiger partial charge is 0.454 e. The minimum atomic E-state index is -0.832. The summed E-state index contributed by atoms with van der Waals surface area (Å²) in [5.41, 5.74) is 0.712. The molecule has 0 unspecified atom stereocenters. The first kappa shape index (κ1) is 31.2. The molecule has 1 amide bonds. The van der Waals surface area contributed by atoms with E-state index < -0.39 is 23.4 Å². The fourth-order valence-electron chi connectivity index (χ4n) is 5.99. The third-order valence-corrected chi connectivity index (χ3v) is 8.33. The van der Waals surface area contributed by atoms with Crippen LogP contribution in [0.25, 0.3) is 28.0 Å². The fraction of sp³-hybridized carbons (Fsp3) is 0.424. The number of ether oxygens (including phenoxy) is 3. The van der Waals surface area contributed by atoms with E-state index >= 15 is 8.78 Å². The quantitative estimate of drug-likeness (QED) is 0.235. The van der Waals surface area contributed by atoms with Gasteiger partial charge >= 0.3 is 11.8 Å². The summed E-state index contributed by atoms with van der Waals surface area (Å²) in [5.74, 6) is -1.16. The number of rotatable bonds is 7. The van der Waals surface area contributed by atoms with Crippen LogP contribution >= 0.6 is 0 Å². The highest BCUT2D eigenvalue weighted by atomic mass is 19.1. The highest BCUT2D eigenvalue weighted by molar-refractivity contribution is 5.91. The van der Waals surface area contributed by atoms with Gasteiger partial charge in [0.1, 0.15) is 17.3 Å². The lowest BCUT2D eigenvalue weighted by atomic mass is 10.0. The number of piperazine rings is 1. The molecule has 1 saturated heterocycles. The molecule has 46 heavy (non-hydrogen) atoms. The first-order chi connectivity index (χ1) is 22.1. The van der Waals surface area contributed by atoms with Gasteiger partial charge in [0, 0.05) is 31.9 Å². The summed E-state index contributed by atoms with van der Waals surface area (Å²) in [6.07, 6.45) is 2.95. The zero-order valence-electron chi connectivity index (χ0n) is 26.5. The topological polar surface area (TPSA) is 112 Å². The van der Waals surface area contributed by atoms with Crippen molar-refractivity contribution in [3.05, 3.63) is 63.8 Å². The fourth-order valence-corrected chi connectivity index (χ4v) is 5.99. The number of carbonyl (C=O) groups is 1. The van der Waals surface area contributed by atoms with E-state index in [0.29, 0.717) is 37.6 Å². The molecule has 0 radical (unpaired) electrons. The minimum absolute atomic E-state index is 0.0323. The second-order valence-corrected chi connectivity index (χ2v) is 11.9. The maximum atomic E-state index is 16.2. The molecule has 11 nitrogen and oxygen atoms in total. The van der Waals surface area contributed by atoms with Crippen LogP contribution in [0.1, 0.15) is 57.7 Å². The molecule has 6 rings (SSSR count). The third kappa shape index (κ3) is 5.47. The van der Waals surface area contributed by atoms with E-state index in [4.69, 9.17) is 14.2 Å². The molecule has 1 aromatic carbocycles. The Balaban J connectivity index is 1.55. The van der Waals surface area contributed by atoms with Gasteiger partial charge in [-0.15, -0.1) is 0 Å². The van der Waals surface area contributed by atoms with Gasteiger partial charge in [-0.1, -0.05) is 27.2 Å². The van der Waals surface area contributed by atoms with Crippen LogP contribution in [0.15, 0.2) is 35.3 Å². The van der Waals surface area contributed by atoms with Crippen molar-refractivity contribution in [2.24, 2.45) is 0 Å². The second kappa shape index (κ2) is 12.5. The number of nitrogens with zero attached hydrogens (tertiary/aromatic N) is 6. The van der Waals surface area contributed by atoms with Gasteiger partial charge in [0.15, 0.2) is 23.0 Å². The van der Waals surface area contributed by atoms with E-state index in [1.807, 2.05) is 39.5 Å². The summed E-state index contributed by atoms with van der Waals surface area (Å²) in [6, 6.07) is 5.27. The summed E-state index contributed by atoms with van der Waals surface area (Å²) in [4.78, 5) is 44.0. The Hall–Kier alpha value is -4.81. The Morgan fingerprint density at radius 1 is 1.13 bits per heavy atom. The zero-order valence-corrected chi connectivity index (χ0v) is 26.5. The van der Waals surface area contributed by atoms with Crippen molar-refractivity contribution >= 4 is 22.9 Å². The molecule has 2 aliphatic heterocycles. The normalized spacial score (nSPS) is 16.0. The van der Waals surface area contributed by atoms with Gasteiger partial charge in [0.2, 0.25) is 6.79 Å². The van der Waals surface area contributed by atoms with E-state index in [9.17, 15) is 9.59 Å². The summed E-state index contributed by atoms with van der Waals surface area (Å²) in [5, 5.41) is 0.245. The van der Waals surface area contributed by atoms with Crippen molar-refractivity contribution in [1.82, 2.24) is 24.4 Å². The third-order valence-electron chi connectivity index (χ3n) is 8.33. The van der Waals surface area contributed by atoms with E-state index in [-0.39, 0.29) is 58.4 Å². The monoisotopic (exact) mass is 634 g/mol. The molecule has 1 atom stereocenters. The van der Waals surface area contributed by atoms with Crippen molar-refractivity contribution in [1.29, 1.82) is 0 Å². The van der Waals surface area contributed by atoms with Gasteiger partial charge in [-0.05, 0) is 56.0 Å². The van der Waals surface area contributed by atoms with Gasteiger partial charge < -0.3 is 24.0 Å². The molecule has 3 aromatic heterocycles. The van der Waals surface area contributed by atoms with Crippen LogP contribution in [0.3, 0.4) is 0 Å². The average Bonchev–Trinajstić information content (AvgIpc) is 3.50. The predicted molar refractivity (Wildman–Crippen MR) is 168 cm³/mol. The number of halogens is 2. The standard InChI is InChI=1S/C33H36F2N6O5/c1-6-7-14-44-33(43)39-12-13-40(20(5)16-39)30-21-15-23(35)27(25-22(34)8-9-24-29(25)46-17-45-24)37-31(21)41(32(42)38-30)28-19(4)10-11-36-26(28)18(2)3/h8-11,15,18,20H,6-7,12-14,16-17H2,1-5H3/t20-/m0/s1. The van der Waals surface area contributed by atoms with E-state index in [0.717, 1.165) is 24.5 Å². The van der Waals surface area contributed by atoms with Gasteiger partial charge in [0.05, 0.1) is 28.9 Å². The smallest absolute Gasteiger partial charge is 0.409 e. The summed E-state index contributed by atoms with van der Waals surface area (Å²) in [7, 11) is 0. The van der Waals surface area contributed by atoms with Crippen LogP contribution in [-0.2, 0) is 4.74 Å². The molecule has 0 N–H and O–H groups in total. The summed E-state index contributed by atoms with van der Waals surface area (Å²) < 4.78 is 49.2. The lowest BCUT2D eigenvalue weighted by Crippen LogP contribution is -2.54. The average molecular weight is 635 g/mol. The summed E-state index contributed by atoms with van der Waals surface area (Å²) >= 11 is 0. The van der Waals surface area contributed by atoms with Crippen molar-refractivity contribution in [3.8, 4) is 28.4 Å². The van der Waals surface area contributed by atoms with E-state index in [2.05, 4.69) is 15.0 Å². The number of aryl methyl sites for hydroxylation is 1. The molecule has 0 aliphatic carbocycles. The number of anilines is 1. The Kier molecular flexibility index (Phi) is 8.49. The maximum Gasteiger partial charge on any atom is 0.409 e. The molecule has 0 saturated carbocycles. The van der Waals surface area contributed by atoms with Crippen LogP contribution in [-0.4, -0.2) is 69.6 Å². The molecule has 242 valence electrons. The van der Waals surface area contributed by atoms with Gasteiger partial charge in [-0.2, -0.15) is 4.98 Å². The second-order valence-electron chi connectivity index (χ2n) is 11.9. The highest BCUT2D eigenvalue weighted by Crippen LogP contribution is 2.44. The number of pyridine rings is 2. The maximum absolute atomic E-state index is 16.2. The Bertz CT molecular complexity index is 1880. The molecule has 5 heterocycles. The molecule has 13 heteroatoms. The number of aromatic nitrogens is 4. The van der Waals surface area contributed by atoms with Crippen LogP contribution < -0.4 is 20.1 Å². The SMILES string of the molecule is CCCCOC(=O)N1CCN(c2nc(=O)n(-c3c(C)ccnc3C(C)C)c3nc(-c4c(F)ccc5c4OCO5)c(F)cc23)[C@@H](C)C1. The van der Waals surface area contributed by atoms with Gasteiger partial charge in [0.25, 0.3) is 0 Å². The first-order valence-corrected chi connectivity index (χ1v) is 15.5. The number of amides is 1. The minimum Gasteiger partial charge on any atom is -0.454 e. The van der Waals surface area contributed by atoms with Crippen molar-refractivity contribution in [3.63, 3.8) is 0 Å². The van der Waals surface area contributed by atoms with E-state index in [1.54, 1.807) is 17.2 Å². The van der Waals surface area contributed by atoms with Crippen LogP contribution in [0, 0.1) is 18.6 Å². The lowest BCUT2D eigenvalue weighted by molar-refractivity contribution is 0.0944. The number of benzene rings is 1. The molecule has 0 spiro atoms. The Morgan fingerprint density at radius 2 is 1.93 bits per heavy atom. The highest BCUT2D eigenvalue weighted by Gasteiger charge is 2.33. The number of carbonyl (C=O) groups excluding carboxylic acids is 1. The van der Waals surface area contributed by atoms with Crippen molar-refractivity contribution in [2.45, 2.75) is 59.4 Å². The van der Waals surface area contributed by atoms with Crippen molar-refractivity contribution < 1.29 is 27.8 Å². The predicted octanol–water partition coefficient (Wildman–Crippen LogP) is 5.73. The molecular formula is C33H36F2N6O5. The molecule has 0 bridgehead atoms. The first-order valence-electron chi connectivity index (χ1n) is 15.5. The molecular weight excluding hydrogens is 598 g/mol. The summed E-state index contributed by atoms with van der Waals surface area (Å²) in [6.45, 7) is 10.8. The van der Waals surface area contributed by atoms with Gasteiger partial charge in [-0.3, -0.25) is 4.98 Å². The zero-order chi connectivity index (χ0) is 32.7. The molecule has 4 aromatic rings. The van der Waals surface area contributed by atoms with Gasteiger partial charge in [-0.25, -0.2) is 27.9 Å². The Labute approximate surface area is 264 Å².